The molecule has 2 rings (SSSR count). The predicted octanol–water partition coefficient (Wildman–Crippen LogP) is 0.799. The summed E-state index contributed by atoms with van der Waals surface area (Å²) in [5.74, 6) is 1.17. The van der Waals surface area contributed by atoms with Crippen LogP contribution in [0.5, 0.6) is 0 Å². The molecular weight excluding hydrogens is 228 g/mol. The van der Waals surface area contributed by atoms with Crippen molar-refractivity contribution in [1.29, 1.82) is 0 Å². The molecule has 1 aliphatic rings. The van der Waals surface area contributed by atoms with Crippen molar-refractivity contribution < 1.29 is 5.11 Å². The Labute approximate surface area is 109 Å². The van der Waals surface area contributed by atoms with Crippen molar-refractivity contribution in [3.8, 4) is 0 Å². The molecule has 0 saturated carbocycles. The van der Waals surface area contributed by atoms with Gasteiger partial charge in [-0.15, -0.1) is 0 Å². The second-order valence-electron chi connectivity index (χ2n) is 4.96. The molecule has 1 saturated heterocycles. The summed E-state index contributed by atoms with van der Waals surface area (Å²) in [5, 5.41) is 17.4. The summed E-state index contributed by atoms with van der Waals surface area (Å²) in [4.78, 5) is 2.31. The van der Waals surface area contributed by atoms with E-state index in [-0.39, 0.29) is 12.6 Å². The molecular formula is C13H24N4O. The van der Waals surface area contributed by atoms with Gasteiger partial charge in [0.25, 0.3) is 0 Å². The highest BCUT2D eigenvalue weighted by atomic mass is 16.3. The van der Waals surface area contributed by atoms with Crippen LogP contribution < -0.4 is 10.2 Å². The first kappa shape index (κ1) is 13.4. The van der Waals surface area contributed by atoms with Crippen molar-refractivity contribution in [3.63, 3.8) is 0 Å². The van der Waals surface area contributed by atoms with E-state index in [9.17, 15) is 5.11 Å². The lowest BCUT2D eigenvalue weighted by molar-refractivity contribution is 0.265. The van der Waals surface area contributed by atoms with Gasteiger partial charge >= 0.3 is 0 Å². The minimum atomic E-state index is 0.227. The van der Waals surface area contributed by atoms with Crippen molar-refractivity contribution in [1.82, 2.24) is 15.1 Å². The summed E-state index contributed by atoms with van der Waals surface area (Å²) in [6, 6.07) is 0.250. The van der Waals surface area contributed by atoms with E-state index in [4.69, 9.17) is 0 Å². The van der Waals surface area contributed by atoms with Crippen molar-refractivity contribution in [3.05, 3.63) is 11.3 Å². The molecule has 1 fully saturated rings. The first-order chi connectivity index (χ1) is 8.69. The molecule has 0 bridgehead atoms. The third-order valence-electron chi connectivity index (χ3n) is 3.72. The monoisotopic (exact) mass is 252 g/mol. The van der Waals surface area contributed by atoms with E-state index >= 15 is 0 Å². The summed E-state index contributed by atoms with van der Waals surface area (Å²) >= 11 is 0. The van der Waals surface area contributed by atoms with Gasteiger partial charge in [0.05, 0.1) is 18.3 Å². The molecule has 18 heavy (non-hydrogen) atoms. The summed E-state index contributed by atoms with van der Waals surface area (Å²) in [6.07, 6.45) is 2.22. The van der Waals surface area contributed by atoms with Crippen LogP contribution in [0, 0.1) is 6.92 Å². The van der Waals surface area contributed by atoms with Gasteiger partial charge in [-0.25, -0.2) is 0 Å². The average Bonchev–Trinajstić information content (AvgIpc) is 2.90. The number of aliphatic hydroxyl groups excluding tert-OH is 1. The second-order valence-corrected chi connectivity index (χ2v) is 4.96. The number of anilines is 1. The topological polar surface area (TPSA) is 53.3 Å². The Kier molecular flexibility index (Phi) is 4.24. The molecule has 0 spiro atoms. The predicted molar refractivity (Wildman–Crippen MR) is 72.8 cm³/mol. The minimum absolute atomic E-state index is 0.227. The van der Waals surface area contributed by atoms with Gasteiger partial charge in [0.1, 0.15) is 5.82 Å². The van der Waals surface area contributed by atoms with Crippen LogP contribution in [0.25, 0.3) is 0 Å². The van der Waals surface area contributed by atoms with Crippen molar-refractivity contribution in [2.45, 2.75) is 39.3 Å². The first-order valence-electron chi connectivity index (χ1n) is 6.79. The molecule has 1 aromatic heterocycles. The van der Waals surface area contributed by atoms with E-state index in [1.807, 2.05) is 11.7 Å². The van der Waals surface area contributed by atoms with Crippen molar-refractivity contribution in [2.24, 2.45) is 7.05 Å². The molecule has 0 radical (unpaired) electrons. The van der Waals surface area contributed by atoms with Gasteiger partial charge in [-0.05, 0) is 26.3 Å². The molecule has 1 unspecified atom stereocenters. The van der Waals surface area contributed by atoms with Crippen LogP contribution in [0.15, 0.2) is 0 Å². The summed E-state index contributed by atoms with van der Waals surface area (Å²) in [6.45, 7) is 7.21. The fourth-order valence-electron chi connectivity index (χ4n) is 2.81. The molecule has 2 heterocycles. The molecule has 102 valence electrons. The molecule has 0 aliphatic carbocycles. The molecule has 1 atom stereocenters. The molecule has 5 nitrogen and oxygen atoms in total. The lowest BCUT2D eigenvalue weighted by atomic mass is 10.2. The maximum atomic E-state index is 9.48. The Bertz CT molecular complexity index is 402. The van der Waals surface area contributed by atoms with Gasteiger partial charge in [-0.3, -0.25) is 4.68 Å². The van der Waals surface area contributed by atoms with Gasteiger partial charge in [0.2, 0.25) is 0 Å². The number of nitrogens with one attached hydrogen (secondary N) is 1. The number of hydrogen-bond acceptors (Lipinski definition) is 4. The second kappa shape index (κ2) is 5.71. The molecule has 2 N–H and O–H groups in total. The van der Waals surface area contributed by atoms with E-state index in [1.165, 1.54) is 11.4 Å². The van der Waals surface area contributed by atoms with Crippen LogP contribution in [0.2, 0.25) is 0 Å². The zero-order valence-electron chi connectivity index (χ0n) is 11.6. The quantitative estimate of drug-likeness (QED) is 0.814. The highest BCUT2D eigenvalue weighted by Crippen LogP contribution is 2.29. The Morgan fingerprint density at radius 3 is 2.94 bits per heavy atom. The normalized spacial score (nSPS) is 19.8. The lowest BCUT2D eigenvalue weighted by Crippen LogP contribution is -2.34. The zero-order chi connectivity index (χ0) is 13.1. The van der Waals surface area contributed by atoms with Crippen molar-refractivity contribution in [2.75, 3.05) is 24.6 Å². The third kappa shape index (κ3) is 2.37. The maximum Gasteiger partial charge on any atom is 0.131 e. The number of aliphatic hydroxyl groups is 1. The number of nitrogens with zero attached hydrogens (tertiary/aromatic N) is 3. The molecule has 0 aromatic carbocycles. The fourth-order valence-corrected chi connectivity index (χ4v) is 2.81. The molecule has 1 aromatic rings. The van der Waals surface area contributed by atoms with E-state index in [0.717, 1.165) is 38.2 Å². The minimum Gasteiger partial charge on any atom is -0.394 e. The van der Waals surface area contributed by atoms with E-state index in [0.29, 0.717) is 0 Å². The highest BCUT2D eigenvalue weighted by Gasteiger charge is 2.29. The average molecular weight is 252 g/mol. The zero-order valence-corrected chi connectivity index (χ0v) is 11.6. The smallest absolute Gasteiger partial charge is 0.131 e. The standard InChI is InChI=1S/C13H24N4O/c1-4-14-8-12-10(2)15-16(3)13(12)17-7-5-6-11(17)9-18/h11,14,18H,4-9H2,1-3H3. The molecule has 1 aliphatic heterocycles. The lowest BCUT2D eigenvalue weighted by Gasteiger charge is -2.26. The van der Waals surface area contributed by atoms with Crippen LogP contribution in [0.4, 0.5) is 5.82 Å². The summed E-state index contributed by atoms with van der Waals surface area (Å²) in [7, 11) is 1.99. The van der Waals surface area contributed by atoms with Gasteiger partial charge in [0, 0.05) is 25.7 Å². The van der Waals surface area contributed by atoms with E-state index in [2.05, 4.69) is 29.2 Å². The number of aryl methyl sites for hydroxylation is 2. The summed E-state index contributed by atoms with van der Waals surface area (Å²) < 4.78 is 1.95. The van der Waals surface area contributed by atoms with Crippen molar-refractivity contribution >= 4 is 5.82 Å². The molecule has 0 amide bonds. The fraction of sp³-hybridized carbons (Fsp3) is 0.769. The number of aromatic nitrogens is 2. The number of rotatable bonds is 5. The van der Waals surface area contributed by atoms with Crippen LogP contribution >= 0.6 is 0 Å². The van der Waals surface area contributed by atoms with Gasteiger partial charge in [-0.2, -0.15) is 5.10 Å². The van der Waals surface area contributed by atoms with Gasteiger partial charge in [0.15, 0.2) is 0 Å². The molecule has 5 heteroatoms. The first-order valence-corrected chi connectivity index (χ1v) is 6.79. The van der Waals surface area contributed by atoms with Crippen LogP contribution in [0.1, 0.15) is 31.0 Å². The van der Waals surface area contributed by atoms with Crippen LogP contribution in [-0.2, 0) is 13.6 Å². The Morgan fingerprint density at radius 1 is 1.50 bits per heavy atom. The van der Waals surface area contributed by atoms with Gasteiger partial charge in [-0.1, -0.05) is 6.92 Å². The van der Waals surface area contributed by atoms with Gasteiger partial charge < -0.3 is 15.3 Å². The summed E-state index contributed by atoms with van der Waals surface area (Å²) in [5.41, 5.74) is 2.34. The Balaban J connectivity index is 2.30. The SMILES string of the molecule is CCNCc1c(C)nn(C)c1N1CCCC1CO. The highest BCUT2D eigenvalue weighted by molar-refractivity contribution is 5.52. The largest absolute Gasteiger partial charge is 0.394 e. The number of hydrogen-bond donors (Lipinski definition) is 2. The van der Waals surface area contributed by atoms with Crippen LogP contribution in [-0.4, -0.2) is 40.6 Å². The third-order valence-corrected chi connectivity index (χ3v) is 3.72. The van der Waals surface area contributed by atoms with E-state index in [1.54, 1.807) is 0 Å². The van der Waals surface area contributed by atoms with E-state index < -0.39 is 0 Å². The van der Waals surface area contributed by atoms with Crippen LogP contribution in [0.3, 0.4) is 0 Å². The Morgan fingerprint density at radius 2 is 2.28 bits per heavy atom. The Hall–Kier alpha value is -1.07. The maximum absolute atomic E-state index is 9.48.